The van der Waals surface area contributed by atoms with Crippen LogP contribution in [0.2, 0.25) is 0 Å². The molecule has 0 fully saturated rings. The van der Waals surface area contributed by atoms with E-state index in [-0.39, 0.29) is 0 Å². The van der Waals surface area contributed by atoms with Crippen LogP contribution < -0.4 is 10.2 Å². The quantitative estimate of drug-likeness (QED) is 0.745. The second-order valence-electron chi connectivity index (χ2n) is 5.25. The Labute approximate surface area is 116 Å². The minimum atomic E-state index is 0.412. The highest BCUT2D eigenvalue weighted by atomic mass is 16.5. The second-order valence-corrected chi connectivity index (χ2v) is 5.25. The van der Waals surface area contributed by atoms with Crippen LogP contribution in [0.25, 0.3) is 0 Å². The SMILES string of the molecule is CCNC(Cc1nc(N(CC)CC)no1)CC(C)C. The third kappa shape index (κ3) is 5.19. The summed E-state index contributed by atoms with van der Waals surface area (Å²) in [5.74, 6) is 2.10. The van der Waals surface area contributed by atoms with Crippen molar-refractivity contribution in [2.45, 2.75) is 53.5 Å². The highest BCUT2D eigenvalue weighted by Gasteiger charge is 2.16. The average molecular weight is 268 g/mol. The van der Waals surface area contributed by atoms with Crippen molar-refractivity contribution in [2.24, 2.45) is 5.92 Å². The van der Waals surface area contributed by atoms with Gasteiger partial charge in [0.25, 0.3) is 5.95 Å². The molecular weight excluding hydrogens is 240 g/mol. The molecule has 0 bridgehead atoms. The minimum Gasteiger partial charge on any atom is -0.339 e. The summed E-state index contributed by atoms with van der Waals surface area (Å²) in [6.45, 7) is 13.6. The van der Waals surface area contributed by atoms with Crippen LogP contribution in [0.15, 0.2) is 4.52 Å². The van der Waals surface area contributed by atoms with E-state index >= 15 is 0 Å². The third-order valence-corrected chi connectivity index (χ3v) is 3.17. The van der Waals surface area contributed by atoms with Crippen LogP contribution in [0.3, 0.4) is 0 Å². The summed E-state index contributed by atoms with van der Waals surface area (Å²) in [6, 6.07) is 0.412. The van der Waals surface area contributed by atoms with E-state index in [1.165, 1.54) is 0 Å². The molecule has 1 unspecified atom stereocenters. The summed E-state index contributed by atoms with van der Waals surface area (Å²) in [7, 11) is 0. The maximum absolute atomic E-state index is 5.36. The Balaban J connectivity index is 2.64. The summed E-state index contributed by atoms with van der Waals surface area (Å²) in [5.41, 5.74) is 0. The lowest BCUT2D eigenvalue weighted by atomic mass is 10.0. The molecular formula is C14H28N4O. The van der Waals surface area contributed by atoms with Gasteiger partial charge in [0.15, 0.2) is 0 Å². The van der Waals surface area contributed by atoms with Crippen LogP contribution in [-0.4, -0.2) is 35.8 Å². The van der Waals surface area contributed by atoms with Crippen LogP contribution in [0.5, 0.6) is 0 Å². The number of hydrogen-bond donors (Lipinski definition) is 1. The highest BCUT2D eigenvalue weighted by Crippen LogP contribution is 2.13. The van der Waals surface area contributed by atoms with Gasteiger partial charge in [0, 0.05) is 25.6 Å². The molecule has 0 aliphatic carbocycles. The molecule has 1 N–H and O–H groups in total. The Morgan fingerprint density at radius 2 is 1.89 bits per heavy atom. The summed E-state index contributed by atoms with van der Waals surface area (Å²) in [6.07, 6.45) is 1.93. The van der Waals surface area contributed by atoms with Crippen molar-refractivity contribution in [1.82, 2.24) is 15.5 Å². The Morgan fingerprint density at radius 3 is 2.42 bits per heavy atom. The van der Waals surface area contributed by atoms with Gasteiger partial charge in [-0.25, -0.2) is 0 Å². The van der Waals surface area contributed by atoms with Crippen LogP contribution >= 0.6 is 0 Å². The molecule has 1 heterocycles. The zero-order valence-electron chi connectivity index (χ0n) is 12.9. The molecule has 1 aromatic heterocycles. The van der Waals surface area contributed by atoms with E-state index in [4.69, 9.17) is 4.52 Å². The van der Waals surface area contributed by atoms with E-state index in [0.29, 0.717) is 17.9 Å². The van der Waals surface area contributed by atoms with Crippen molar-refractivity contribution in [3.05, 3.63) is 5.89 Å². The number of nitrogens with one attached hydrogen (secondary N) is 1. The number of likely N-dealkylation sites (N-methyl/N-ethyl adjacent to an activating group) is 1. The highest BCUT2D eigenvalue weighted by molar-refractivity contribution is 5.26. The summed E-state index contributed by atoms with van der Waals surface area (Å²) in [4.78, 5) is 6.58. The van der Waals surface area contributed by atoms with Crippen LogP contribution in [-0.2, 0) is 6.42 Å². The Kier molecular flexibility index (Phi) is 6.84. The molecule has 0 radical (unpaired) electrons. The minimum absolute atomic E-state index is 0.412. The Morgan fingerprint density at radius 1 is 1.21 bits per heavy atom. The zero-order valence-corrected chi connectivity index (χ0v) is 12.9. The van der Waals surface area contributed by atoms with Gasteiger partial charge in [0.1, 0.15) is 0 Å². The monoisotopic (exact) mass is 268 g/mol. The molecule has 1 atom stereocenters. The Hall–Kier alpha value is -1.10. The molecule has 5 nitrogen and oxygen atoms in total. The first-order valence-electron chi connectivity index (χ1n) is 7.41. The summed E-state index contributed by atoms with van der Waals surface area (Å²) < 4.78 is 5.36. The maximum Gasteiger partial charge on any atom is 0.266 e. The predicted molar refractivity (Wildman–Crippen MR) is 78.5 cm³/mol. The standard InChI is InChI=1S/C14H28N4O/c1-6-15-12(9-11(4)5)10-13-16-14(17-19-13)18(7-2)8-3/h11-12,15H,6-10H2,1-5H3. The molecule has 0 aliphatic rings. The van der Waals surface area contributed by atoms with Crippen molar-refractivity contribution >= 4 is 5.95 Å². The van der Waals surface area contributed by atoms with Crippen molar-refractivity contribution < 1.29 is 4.52 Å². The largest absolute Gasteiger partial charge is 0.339 e. The topological polar surface area (TPSA) is 54.2 Å². The van der Waals surface area contributed by atoms with Gasteiger partial charge >= 0.3 is 0 Å². The molecule has 0 aliphatic heterocycles. The molecule has 1 aromatic rings. The van der Waals surface area contributed by atoms with Crippen molar-refractivity contribution in [1.29, 1.82) is 0 Å². The fourth-order valence-corrected chi connectivity index (χ4v) is 2.27. The van der Waals surface area contributed by atoms with Gasteiger partial charge in [-0.15, -0.1) is 0 Å². The number of nitrogens with zero attached hydrogens (tertiary/aromatic N) is 3. The zero-order chi connectivity index (χ0) is 14.3. The lowest BCUT2D eigenvalue weighted by molar-refractivity contribution is 0.339. The molecule has 1 rings (SSSR count). The predicted octanol–water partition coefficient (Wildman–Crippen LogP) is 2.48. The fourth-order valence-electron chi connectivity index (χ4n) is 2.27. The lowest BCUT2D eigenvalue weighted by Gasteiger charge is -2.18. The smallest absolute Gasteiger partial charge is 0.266 e. The Bertz CT molecular complexity index is 347. The molecule has 110 valence electrons. The fraction of sp³-hybridized carbons (Fsp3) is 0.857. The van der Waals surface area contributed by atoms with Gasteiger partial charge in [-0.2, -0.15) is 4.98 Å². The van der Waals surface area contributed by atoms with E-state index < -0.39 is 0 Å². The second kappa shape index (κ2) is 8.15. The number of anilines is 1. The van der Waals surface area contributed by atoms with Gasteiger partial charge < -0.3 is 14.7 Å². The van der Waals surface area contributed by atoms with E-state index in [1.807, 2.05) is 0 Å². The first-order valence-corrected chi connectivity index (χ1v) is 7.41. The van der Waals surface area contributed by atoms with E-state index in [9.17, 15) is 0 Å². The first-order chi connectivity index (χ1) is 9.10. The third-order valence-electron chi connectivity index (χ3n) is 3.17. The molecule has 0 aromatic carbocycles. The van der Waals surface area contributed by atoms with Crippen molar-refractivity contribution in [2.75, 3.05) is 24.5 Å². The average Bonchev–Trinajstić information content (AvgIpc) is 2.78. The van der Waals surface area contributed by atoms with Crippen molar-refractivity contribution in [3.8, 4) is 0 Å². The molecule has 0 spiro atoms. The van der Waals surface area contributed by atoms with Gasteiger partial charge in [0.05, 0.1) is 0 Å². The summed E-state index contributed by atoms with van der Waals surface area (Å²) >= 11 is 0. The van der Waals surface area contributed by atoms with E-state index in [1.54, 1.807) is 0 Å². The van der Waals surface area contributed by atoms with Crippen molar-refractivity contribution in [3.63, 3.8) is 0 Å². The van der Waals surface area contributed by atoms with Crippen LogP contribution in [0.4, 0.5) is 5.95 Å². The number of rotatable bonds is 9. The van der Waals surface area contributed by atoms with Gasteiger partial charge in [-0.1, -0.05) is 20.8 Å². The van der Waals surface area contributed by atoms with Gasteiger partial charge in [-0.05, 0) is 37.9 Å². The van der Waals surface area contributed by atoms with E-state index in [0.717, 1.165) is 38.4 Å². The molecule has 5 heteroatoms. The molecule has 19 heavy (non-hydrogen) atoms. The molecule has 0 saturated heterocycles. The van der Waals surface area contributed by atoms with Gasteiger partial charge in [-0.3, -0.25) is 0 Å². The number of hydrogen-bond acceptors (Lipinski definition) is 5. The van der Waals surface area contributed by atoms with Crippen LogP contribution in [0, 0.1) is 5.92 Å². The van der Waals surface area contributed by atoms with Gasteiger partial charge in [0.2, 0.25) is 5.89 Å². The first kappa shape index (κ1) is 16.0. The van der Waals surface area contributed by atoms with Crippen LogP contribution in [0.1, 0.15) is 46.9 Å². The lowest BCUT2D eigenvalue weighted by Crippen LogP contribution is -2.32. The molecule has 0 saturated carbocycles. The maximum atomic E-state index is 5.36. The summed E-state index contributed by atoms with van der Waals surface area (Å²) in [5, 5.41) is 7.55. The van der Waals surface area contributed by atoms with E-state index in [2.05, 4.69) is 55.0 Å². The number of aromatic nitrogens is 2. The molecule has 0 amide bonds. The normalized spacial score (nSPS) is 12.9.